The van der Waals surface area contributed by atoms with Crippen molar-refractivity contribution in [2.24, 2.45) is 0 Å². The zero-order valence-corrected chi connectivity index (χ0v) is 26.9. The lowest BCUT2D eigenvalue weighted by molar-refractivity contribution is -0.139. The van der Waals surface area contributed by atoms with Gasteiger partial charge in [-0.2, -0.15) is 0 Å². The van der Waals surface area contributed by atoms with Gasteiger partial charge < -0.3 is 24.4 Å². The van der Waals surface area contributed by atoms with Crippen LogP contribution in [0.1, 0.15) is 38.2 Å². The van der Waals surface area contributed by atoms with Crippen LogP contribution in [0.15, 0.2) is 71.6 Å². The van der Waals surface area contributed by atoms with Crippen LogP contribution < -0.4 is 23.8 Å². The number of sulfonamides is 1. The summed E-state index contributed by atoms with van der Waals surface area (Å²) >= 11 is 6.11. The van der Waals surface area contributed by atoms with E-state index in [1.807, 2.05) is 6.07 Å². The first kappa shape index (κ1) is 32.9. The average molecular weight is 644 g/mol. The fourth-order valence-electron chi connectivity index (χ4n) is 5.18. The Morgan fingerprint density at radius 2 is 1.61 bits per heavy atom. The Balaban J connectivity index is 1.72. The largest absolute Gasteiger partial charge is 0.497 e. The molecular formula is C32H38ClN3O7S. The smallest absolute Gasteiger partial charge is 0.264 e. The van der Waals surface area contributed by atoms with E-state index >= 15 is 0 Å². The Kier molecular flexibility index (Phi) is 11.0. The van der Waals surface area contributed by atoms with E-state index in [1.54, 1.807) is 44.4 Å². The Morgan fingerprint density at radius 3 is 2.25 bits per heavy atom. The molecule has 0 saturated heterocycles. The highest BCUT2D eigenvalue weighted by Gasteiger charge is 2.34. The number of ether oxygens (including phenoxy) is 3. The van der Waals surface area contributed by atoms with E-state index in [-0.39, 0.29) is 34.8 Å². The first-order chi connectivity index (χ1) is 21.1. The maximum absolute atomic E-state index is 14.2. The number of hydrogen-bond donors (Lipinski definition) is 1. The lowest BCUT2D eigenvalue weighted by atomic mass is 10.1. The predicted molar refractivity (Wildman–Crippen MR) is 169 cm³/mol. The summed E-state index contributed by atoms with van der Waals surface area (Å²) in [6.45, 7) is 1.13. The van der Waals surface area contributed by atoms with Gasteiger partial charge in [-0.25, -0.2) is 8.42 Å². The SMILES string of the molecule is COc1cccc(CN(C(=O)CN(c2ccc(Cl)cc2)S(=O)(=O)c2ccc(OC)c(OC)c2)[C@@H](C)C(=O)NC2CCCC2)c1. The number of hydrogen-bond acceptors (Lipinski definition) is 7. The van der Waals surface area contributed by atoms with E-state index in [0.29, 0.717) is 16.5 Å². The molecule has 44 heavy (non-hydrogen) atoms. The minimum absolute atomic E-state index is 0.0507. The highest BCUT2D eigenvalue weighted by molar-refractivity contribution is 7.92. The summed E-state index contributed by atoms with van der Waals surface area (Å²) in [6.07, 6.45) is 3.85. The van der Waals surface area contributed by atoms with Crippen molar-refractivity contribution < 1.29 is 32.2 Å². The van der Waals surface area contributed by atoms with Crippen LogP contribution in [-0.4, -0.2) is 65.1 Å². The van der Waals surface area contributed by atoms with Crippen molar-refractivity contribution in [3.63, 3.8) is 0 Å². The molecule has 1 fully saturated rings. The molecule has 0 bridgehead atoms. The van der Waals surface area contributed by atoms with Gasteiger partial charge in [0.05, 0.1) is 31.9 Å². The number of nitrogens with one attached hydrogen (secondary N) is 1. The van der Waals surface area contributed by atoms with Gasteiger partial charge in [0, 0.05) is 23.7 Å². The summed E-state index contributed by atoms with van der Waals surface area (Å²) in [7, 11) is 0.0858. The Hall–Kier alpha value is -3.96. The van der Waals surface area contributed by atoms with Crippen LogP contribution in [0.2, 0.25) is 5.02 Å². The van der Waals surface area contributed by atoms with Crippen LogP contribution in [0.4, 0.5) is 5.69 Å². The van der Waals surface area contributed by atoms with Crippen LogP contribution in [0, 0.1) is 0 Å². The van der Waals surface area contributed by atoms with Gasteiger partial charge in [-0.05, 0) is 73.9 Å². The fraction of sp³-hybridized carbons (Fsp3) is 0.375. The number of halogens is 1. The second-order valence-corrected chi connectivity index (χ2v) is 12.8. The Morgan fingerprint density at radius 1 is 0.932 bits per heavy atom. The molecule has 0 spiro atoms. The van der Waals surface area contributed by atoms with Crippen molar-refractivity contribution in [1.82, 2.24) is 10.2 Å². The molecule has 0 aromatic heterocycles. The van der Waals surface area contributed by atoms with Crippen molar-refractivity contribution in [3.05, 3.63) is 77.3 Å². The number of methoxy groups -OCH3 is 3. The lowest BCUT2D eigenvalue weighted by Crippen LogP contribution is -2.52. The number of carbonyl (C=O) groups is 2. The zero-order chi connectivity index (χ0) is 31.9. The molecular weight excluding hydrogens is 606 g/mol. The number of carbonyl (C=O) groups excluding carboxylic acids is 2. The summed E-state index contributed by atoms with van der Waals surface area (Å²) in [5.41, 5.74) is 0.945. The normalized spacial score (nSPS) is 14.0. The second kappa shape index (κ2) is 14.7. The molecule has 3 aromatic carbocycles. The summed E-state index contributed by atoms with van der Waals surface area (Å²) in [5.74, 6) is 0.298. The Bertz CT molecular complexity index is 1560. The molecule has 3 aromatic rings. The quantitative estimate of drug-likeness (QED) is 0.278. The van der Waals surface area contributed by atoms with Crippen LogP contribution in [0.3, 0.4) is 0 Å². The van der Waals surface area contributed by atoms with Gasteiger partial charge in [-0.15, -0.1) is 0 Å². The van der Waals surface area contributed by atoms with Crippen molar-refractivity contribution in [1.29, 1.82) is 0 Å². The van der Waals surface area contributed by atoms with Gasteiger partial charge in [0.25, 0.3) is 10.0 Å². The van der Waals surface area contributed by atoms with E-state index in [0.717, 1.165) is 35.6 Å². The number of nitrogens with zero attached hydrogens (tertiary/aromatic N) is 2. The topological polar surface area (TPSA) is 114 Å². The number of anilines is 1. The molecule has 4 rings (SSSR count). The van der Waals surface area contributed by atoms with Crippen molar-refractivity contribution in [3.8, 4) is 17.2 Å². The van der Waals surface area contributed by atoms with Crippen LogP contribution in [0.25, 0.3) is 0 Å². The predicted octanol–water partition coefficient (Wildman–Crippen LogP) is 5.04. The van der Waals surface area contributed by atoms with Gasteiger partial charge in [0.15, 0.2) is 11.5 Å². The molecule has 1 saturated carbocycles. The van der Waals surface area contributed by atoms with Gasteiger partial charge in [0.2, 0.25) is 11.8 Å². The van der Waals surface area contributed by atoms with Gasteiger partial charge in [-0.3, -0.25) is 13.9 Å². The average Bonchev–Trinajstić information content (AvgIpc) is 3.55. The van der Waals surface area contributed by atoms with E-state index in [9.17, 15) is 18.0 Å². The molecule has 0 aliphatic heterocycles. The number of benzene rings is 3. The Labute approximate surface area is 263 Å². The minimum Gasteiger partial charge on any atom is -0.497 e. The molecule has 1 aliphatic rings. The fourth-order valence-corrected chi connectivity index (χ4v) is 6.74. The number of amides is 2. The van der Waals surface area contributed by atoms with Gasteiger partial charge in [-0.1, -0.05) is 36.6 Å². The van der Waals surface area contributed by atoms with Crippen molar-refractivity contribution in [2.45, 2.75) is 56.1 Å². The maximum Gasteiger partial charge on any atom is 0.264 e. The van der Waals surface area contributed by atoms with E-state index in [4.69, 9.17) is 25.8 Å². The lowest BCUT2D eigenvalue weighted by Gasteiger charge is -2.32. The number of rotatable bonds is 13. The van der Waals surface area contributed by atoms with Crippen molar-refractivity contribution >= 4 is 39.1 Å². The summed E-state index contributed by atoms with van der Waals surface area (Å²) in [6, 6.07) is 16.7. The molecule has 1 aliphatic carbocycles. The van der Waals surface area contributed by atoms with E-state index in [1.165, 1.54) is 49.5 Å². The highest BCUT2D eigenvalue weighted by atomic mass is 35.5. The molecule has 0 radical (unpaired) electrons. The molecule has 0 unspecified atom stereocenters. The van der Waals surface area contributed by atoms with Crippen LogP contribution in [-0.2, 0) is 26.2 Å². The monoisotopic (exact) mass is 643 g/mol. The molecule has 1 atom stereocenters. The van der Waals surface area contributed by atoms with E-state index < -0.39 is 28.5 Å². The minimum atomic E-state index is -4.31. The molecule has 1 N–H and O–H groups in total. The zero-order valence-electron chi connectivity index (χ0n) is 25.3. The van der Waals surface area contributed by atoms with Crippen molar-refractivity contribution in [2.75, 3.05) is 32.2 Å². The molecule has 10 nitrogen and oxygen atoms in total. The standard InChI is InChI=1S/C32H38ClN3O7S/c1-22(32(38)34-25-9-5-6-10-25)35(20-23-8-7-11-27(18-23)41-2)31(37)21-36(26-14-12-24(33)13-15-26)44(39,40)28-16-17-29(42-3)30(19-28)43-4/h7-8,11-19,22,25H,5-6,9-10,20-21H2,1-4H3,(H,34,38)/t22-/m0/s1. The van der Waals surface area contributed by atoms with E-state index in [2.05, 4.69) is 5.32 Å². The third kappa shape index (κ3) is 7.75. The summed E-state index contributed by atoms with van der Waals surface area (Å²) in [4.78, 5) is 28.9. The maximum atomic E-state index is 14.2. The third-order valence-electron chi connectivity index (χ3n) is 7.69. The first-order valence-electron chi connectivity index (χ1n) is 14.3. The molecule has 236 valence electrons. The van der Waals surface area contributed by atoms with Crippen LogP contribution >= 0.6 is 11.6 Å². The highest BCUT2D eigenvalue weighted by Crippen LogP contribution is 2.33. The molecule has 12 heteroatoms. The molecule has 2 amide bonds. The van der Waals surface area contributed by atoms with Gasteiger partial charge in [0.1, 0.15) is 18.3 Å². The summed E-state index contributed by atoms with van der Waals surface area (Å²) < 4.78 is 45.3. The van der Waals surface area contributed by atoms with Gasteiger partial charge >= 0.3 is 0 Å². The molecule has 0 heterocycles. The first-order valence-corrected chi connectivity index (χ1v) is 16.1. The van der Waals surface area contributed by atoms with Crippen LogP contribution in [0.5, 0.6) is 17.2 Å². The summed E-state index contributed by atoms with van der Waals surface area (Å²) in [5, 5.41) is 3.47. The third-order valence-corrected chi connectivity index (χ3v) is 9.71. The second-order valence-electron chi connectivity index (χ2n) is 10.5.